The molecule has 1 rings (SSSR count). The van der Waals surface area contributed by atoms with Crippen LogP contribution in [-0.4, -0.2) is 48.5 Å². The Morgan fingerprint density at radius 2 is 1.79 bits per heavy atom. The van der Waals surface area contributed by atoms with Gasteiger partial charge in [-0.15, -0.1) is 0 Å². The highest BCUT2D eigenvalue weighted by Gasteiger charge is 2.30. The zero-order valence-electron chi connectivity index (χ0n) is 18.7. The van der Waals surface area contributed by atoms with Crippen molar-refractivity contribution in [2.24, 2.45) is 0 Å². The molecule has 0 bridgehead atoms. The van der Waals surface area contributed by atoms with Crippen molar-refractivity contribution in [2.45, 2.75) is 66.0 Å². The number of hydrogen-bond donors (Lipinski definition) is 2. The molecule has 0 aliphatic heterocycles. The van der Waals surface area contributed by atoms with Gasteiger partial charge in [-0.25, -0.2) is 4.79 Å². The van der Waals surface area contributed by atoms with Gasteiger partial charge in [-0.3, -0.25) is 9.59 Å². The summed E-state index contributed by atoms with van der Waals surface area (Å²) in [5.74, 6) is -0.620. The molecule has 0 aromatic heterocycles. The molecule has 1 unspecified atom stereocenters. The average molecular weight is 406 g/mol. The molecule has 0 saturated carbocycles. The lowest BCUT2D eigenvalue weighted by atomic mass is 9.97. The summed E-state index contributed by atoms with van der Waals surface area (Å²) in [6.07, 6.45) is 1.15. The summed E-state index contributed by atoms with van der Waals surface area (Å²) in [5.41, 5.74) is 2.12. The minimum Gasteiger partial charge on any atom is -0.444 e. The van der Waals surface area contributed by atoms with E-state index in [9.17, 15) is 14.4 Å². The van der Waals surface area contributed by atoms with Crippen LogP contribution in [0.4, 0.5) is 4.79 Å². The second-order valence-corrected chi connectivity index (χ2v) is 8.27. The van der Waals surface area contributed by atoms with Crippen molar-refractivity contribution in [3.05, 3.63) is 34.9 Å². The van der Waals surface area contributed by atoms with Crippen LogP contribution in [0.3, 0.4) is 0 Å². The molecule has 29 heavy (non-hydrogen) atoms. The van der Waals surface area contributed by atoms with Gasteiger partial charge in [0.1, 0.15) is 18.2 Å². The number of ether oxygens (including phenoxy) is 1. The number of benzene rings is 1. The Balaban J connectivity index is 2.97. The van der Waals surface area contributed by atoms with E-state index in [-0.39, 0.29) is 18.4 Å². The number of amides is 3. The van der Waals surface area contributed by atoms with Crippen molar-refractivity contribution in [1.29, 1.82) is 0 Å². The topological polar surface area (TPSA) is 87.7 Å². The molecular formula is C22H35N3O4. The summed E-state index contributed by atoms with van der Waals surface area (Å²) in [5, 5.41) is 5.37. The Bertz CT molecular complexity index is 725. The van der Waals surface area contributed by atoms with Crippen LogP contribution in [0, 0.1) is 13.8 Å². The third-order valence-corrected chi connectivity index (χ3v) is 4.36. The fourth-order valence-corrected chi connectivity index (χ4v) is 2.87. The van der Waals surface area contributed by atoms with Gasteiger partial charge in [-0.1, -0.05) is 37.1 Å². The molecule has 162 valence electrons. The zero-order valence-corrected chi connectivity index (χ0v) is 18.7. The predicted molar refractivity (Wildman–Crippen MR) is 114 cm³/mol. The maximum Gasteiger partial charge on any atom is 0.408 e. The molecule has 1 aromatic rings. The standard InChI is InChI=1S/C22H35N3O4/c1-8-9-12-23-20(27)19(17-11-10-15(2)13-16(17)3)25(7)18(26)14-24-21(28)29-22(4,5)6/h10-11,13,19H,8-9,12,14H2,1-7H3,(H,23,27)(H,24,28). The maximum absolute atomic E-state index is 12.9. The average Bonchev–Trinajstić information content (AvgIpc) is 2.60. The number of carbonyl (C=O) groups is 3. The molecule has 0 radical (unpaired) electrons. The highest BCUT2D eigenvalue weighted by Crippen LogP contribution is 2.24. The molecule has 0 aliphatic rings. The Morgan fingerprint density at radius 1 is 1.14 bits per heavy atom. The van der Waals surface area contributed by atoms with Crippen LogP contribution in [0.5, 0.6) is 0 Å². The van der Waals surface area contributed by atoms with E-state index in [0.29, 0.717) is 6.54 Å². The Labute approximate surface area is 174 Å². The second kappa shape index (κ2) is 10.8. The summed E-state index contributed by atoms with van der Waals surface area (Å²) in [6.45, 7) is 11.5. The summed E-state index contributed by atoms with van der Waals surface area (Å²) in [6, 6.07) is 5.00. The summed E-state index contributed by atoms with van der Waals surface area (Å²) in [7, 11) is 1.57. The lowest BCUT2D eigenvalue weighted by Gasteiger charge is -2.29. The van der Waals surface area contributed by atoms with E-state index in [1.807, 2.05) is 39.0 Å². The lowest BCUT2D eigenvalue weighted by molar-refractivity contribution is -0.138. The number of nitrogens with one attached hydrogen (secondary N) is 2. The van der Waals surface area contributed by atoms with Gasteiger partial charge in [0.15, 0.2) is 0 Å². The van der Waals surface area contributed by atoms with Gasteiger partial charge in [-0.05, 0) is 52.2 Å². The second-order valence-electron chi connectivity index (χ2n) is 8.27. The zero-order chi connectivity index (χ0) is 22.2. The first kappa shape index (κ1) is 24.5. The predicted octanol–water partition coefficient (Wildman–Crippen LogP) is 3.24. The van der Waals surface area contributed by atoms with E-state index < -0.39 is 17.7 Å². The molecule has 1 atom stereocenters. The summed E-state index contributed by atoms with van der Waals surface area (Å²) in [4.78, 5) is 38.8. The highest BCUT2D eigenvalue weighted by atomic mass is 16.6. The number of carbonyl (C=O) groups excluding carboxylic acids is 3. The van der Waals surface area contributed by atoms with E-state index in [2.05, 4.69) is 10.6 Å². The fourth-order valence-electron chi connectivity index (χ4n) is 2.87. The molecule has 0 aliphatic carbocycles. The van der Waals surface area contributed by atoms with Gasteiger partial charge in [0.05, 0.1) is 0 Å². The van der Waals surface area contributed by atoms with Crippen LogP contribution >= 0.6 is 0 Å². The Kier molecular flexibility index (Phi) is 9.14. The van der Waals surface area contributed by atoms with Crippen molar-refractivity contribution >= 4 is 17.9 Å². The lowest BCUT2D eigenvalue weighted by Crippen LogP contribution is -2.46. The smallest absolute Gasteiger partial charge is 0.408 e. The number of nitrogens with zero attached hydrogens (tertiary/aromatic N) is 1. The molecule has 0 saturated heterocycles. The summed E-state index contributed by atoms with van der Waals surface area (Å²) < 4.78 is 5.16. The van der Waals surface area contributed by atoms with Gasteiger partial charge in [0.25, 0.3) is 0 Å². The number of likely N-dealkylation sites (N-methyl/N-ethyl adjacent to an activating group) is 1. The third kappa shape index (κ3) is 8.13. The molecule has 7 heteroatoms. The van der Waals surface area contributed by atoms with E-state index in [1.165, 1.54) is 4.90 Å². The SMILES string of the molecule is CCCCNC(=O)C(c1ccc(C)cc1C)N(C)C(=O)CNC(=O)OC(C)(C)C. The molecule has 7 nitrogen and oxygen atoms in total. The molecule has 2 N–H and O–H groups in total. The monoisotopic (exact) mass is 405 g/mol. The van der Waals surface area contributed by atoms with Crippen LogP contribution in [-0.2, 0) is 14.3 Å². The van der Waals surface area contributed by atoms with Crippen LogP contribution in [0.15, 0.2) is 18.2 Å². The first-order valence-corrected chi connectivity index (χ1v) is 10.0. The van der Waals surface area contributed by atoms with Crippen LogP contribution in [0.1, 0.15) is 63.3 Å². The summed E-state index contributed by atoms with van der Waals surface area (Å²) >= 11 is 0. The van der Waals surface area contributed by atoms with E-state index >= 15 is 0 Å². The van der Waals surface area contributed by atoms with Gasteiger partial charge in [-0.2, -0.15) is 0 Å². The van der Waals surface area contributed by atoms with Crippen molar-refractivity contribution in [2.75, 3.05) is 20.1 Å². The van der Waals surface area contributed by atoms with Gasteiger partial charge in [0.2, 0.25) is 11.8 Å². The minimum atomic E-state index is -0.777. The van der Waals surface area contributed by atoms with Gasteiger partial charge < -0.3 is 20.3 Å². The number of hydrogen-bond acceptors (Lipinski definition) is 4. The largest absolute Gasteiger partial charge is 0.444 e. The highest BCUT2D eigenvalue weighted by molar-refractivity contribution is 5.90. The molecule has 3 amide bonds. The van der Waals surface area contributed by atoms with Gasteiger partial charge in [0, 0.05) is 13.6 Å². The fraction of sp³-hybridized carbons (Fsp3) is 0.591. The number of aryl methyl sites for hydroxylation is 2. The third-order valence-electron chi connectivity index (χ3n) is 4.36. The first-order chi connectivity index (χ1) is 13.5. The van der Waals surface area contributed by atoms with Crippen LogP contribution < -0.4 is 10.6 Å². The van der Waals surface area contributed by atoms with Gasteiger partial charge >= 0.3 is 6.09 Å². The molecule has 0 fully saturated rings. The van der Waals surface area contributed by atoms with Crippen LogP contribution in [0.2, 0.25) is 0 Å². The molecular weight excluding hydrogens is 370 g/mol. The number of rotatable bonds is 8. The van der Waals surface area contributed by atoms with Crippen molar-refractivity contribution in [3.8, 4) is 0 Å². The van der Waals surface area contributed by atoms with Crippen molar-refractivity contribution < 1.29 is 19.1 Å². The van der Waals surface area contributed by atoms with Crippen molar-refractivity contribution in [3.63, 3.8) is 0 Å². The molecule has 1 aromatic carbocycles. The Hall–Kier alpha value is -2.57. The van der Waals surface area contributed by atoms with E-state index in [4.69, 9.17) is 4.74 Å². The van der Waals surface area contributed by atoms with E-state index in [1.54, 1.807) is 27.8 Å². The number of alkyl carbamates (subject to hydrolysis) is 1. The first-order valence-electron chi connectivity index (χ1n) is 10.0. The number of unbranched alkanes of at least 4 members (excludes halogenated alkanes) is 1. The maximum atomic E-state index is 12.9. The Morgan fingerprint density at radius 3 is 2.34 bits per heavy atom. The van der Waals surface area contributed by atoms with Crippen molar-refractivity contribution in [1.82, 2.24) is 15.5 Å². The van der Waals surface area contributed by atoms with E-state index in [0.717, 1.165) is 29.5 Å². The molecule has 0 heterocycles. The van der Waals surface area contributed by atoms with Crippen LogP contribution in [0.25, 0.3) is 0 Å². The minimum absolute atomic E-state index is 0.237. The molecule has 0 spiro atoms. The quantitative estimate of drug-likeness (QED) is 0.650. The normalized spacial score (nSPS) is 12.1.